The second-order valence-electron chi connectivity index (χ2n) is 5.63. The van der Waals surface area contributed by atoms with Crippen molar-refractivity contribution in [1.29, 1.82) is 0 Å². The zero-order valence-electron chi connectivity index (χ0n) is 14.8. The van der Waals surface area contributed by atoms with Gasteiger partial charge in [-0.3, -0.25) is 0 Å². The van der Waals surface area contributed by atoms with Crippen molar-refractivity contribution in [2.24, 2.45) is 0 Å². The molecule has 0 aliphatic carbocycles. The average molecular weight is 367 g/mol. The predicted octanol–water partition coefficient (Wildman–Crippen LogP) is 5.14. The quantitative estimate of drug-likeness (QED) is 0.587. The van der Waals surface area contributed by atoms with E-state index in [0.29, 0.717) is 6.61 Å². The van der Waals surface area contributed by atoms with E-state index in [4.69, 9.17) is 9.47 Å². The number of ether oxygens (including phenoxy) is 2. The predicted molar refractivity (Wildman–Crippen MR) is 106 cm³/mol. The molecule has 0 saturated heterocycles. The summed E-state index contributed by atoms with van der Waals surface area (Å²) in [5, 5.41) is 3.28. The molecule has 0 amide bonds. The van der Waals surface area contributed by atoms with Gasteiger partial charge in [-0.25, -0.2) is 4.79 Å². The molecule has 0 radical (unpaired) electrons. The summed E-state index contributed by atoms with van der Waals surface area (Å²) < 4.78 is 10.5. The van der Waals surface area contributed by atoms with E-state index in [9.17, 15) is 4.79 Å². The smallest absolute Gasteiger partial charge is 0.334 e. The normalized spacial score (nSPS) is 11.6. The van der Waals surface area contributed by atoms with Gasteiger partial charge in [-0.05, 0) is 48.9 Å². The van der Waals surface area contributed by atoms with E-state index in [1.54, 1.807) is 18.4 Å². The summed E-state index contributed by atoms with van der Waals surface area (Å²) in [7, 11) is 1.63. The van der Waals surface area contributed by atoms with Crippen molar-refractivity contribution in [3.8, 4) is 16.2 Å². The van der Waals surface area contributed by atoms with Gasteiger partial charge in [0.15, 0.2) is 6.04 Å². The SMILES string of the molecule is CCOC(=O)C(Nc1ccc(OC)cc1)c1ccc(-c2ccccc2)s1. The van der Waals surface area contributed by atoms with Crippen LogP contribution in [0.3, 0.4) is 0 Å². The maximum Gasteiger partial charge on any atom is 0.334 e. The molecule has 1 aromatic heterocycles. The number of benzene rings is 2. The first-order chi connectivity index (χ1) is 12.7. The Balaban J connectivity index is 1.86. The molecule has 0 spiro atoms. The van der Waals surface area contributed by atoms with Crippen LogP contribution in [0.5, 0.6) is 5.75 Å². The van der Waals surface area contributed by atoms with Crippen molar-refractivity contribution >= 4 is 23.0 Å². The molecule has 4 nitrogen and oxygen atoms in total. The molecule has 26 heavy (non-hydrogen) atoms. The Kier molecular flexibility index (Phi) is 5.92. The maximum atomic E-state index is 12.5. The van der Waals surface area contributed by atoms with Gasteiger partial charge < -0.3 is 14.8 Å². The van der Waals surface area contributed by atoms with Crippen LogP contribution in [0, 0.1) is 0 Å². The minimum absolute atomic E-state index is 0.287. The van der Waals surface area contributed by atoms with Crippen LogP contribution in [0.4, 0.5) is 5.69 Å². The number of thiophene rings is 1. The van der Waals surface area contributed by atoms with Gasteiger partial charge >= 0.3 is 5.97 Å². The number of hydrogen-bond acceptors (Lipinski definition) is 5. The van der Waals surface area contributed by atoms with Crippen LogP contribution in [0.2, 0.25) is 0 Å². The van der Waals surface area contributed by atoms with E-state index in [1.807, 2.05) is 61.5 Å². The highest BCUT2D eigenvalue weighted by Crippen LogP contribution is 2.33. The fourth-order valence-corrected chi connectivity index (χ4v) is 3.64. The molecule has 3 rings (SSSR count). The Labute approximate surface area is 157 Å². The average Bonchev–Trinajstić information content (AvgIpc) is 3.17. The van der Waals surface area contributed by atoms with Crippen molar-refractivity contribution in [2.75, 3.05) is 19.0 Å². The van der Waals surface area contributed by atoms with Crippen LogP contribution in [0.15, 0.2) is 66.7 Å². The van der Waals surface area contributed by atoms with Gasteiger partial charge in [0, 0.05) is 15.4 Å². The molecule has 0 aliphatic rings. The zero-order chi connectivity index (χ0) is 18.4. The Bertz CT molecular complexity index is 843. The number of carbonyl (C=O) groups excluding carboxylic acids is 1. The lowest BCUT2D eigenvalue weighted by Gasteiger charge is -2.17. The Hall–Kier alpha value is -2.79. The molecule has 1 N–H and O–H groups in total. The summed E-state index contributed by atoms with van der Waals surface area (Å²) >= 11 is 1.59. The molecule has 3 aromatic rings. The summed E-state index contributed by atoms with van der Waals surface area (Å²) in [5.41, 5.74) is 1.97. The molecule has 0 aliphatic heterocycles. The lowest BCUT2D eigenvalue weighted by atomic mass is 10.2. The molecule has 5 heteroatoms. The zero-order valence-corrected chi connectivity index (χ0v) is 15.6. The van der Waals surface area contributed by atoms with Crippen molar-refractivity contribution in [1.82, 2.24) is 0 Å². The minimum atomic E-state index is -0.550. The second-order valence-corrected chi connectivity index (χ2v) is 6.74. The number of methoxy groups -OCH3 is 1. The third kappa shape index (κ3) is 4.24. The van der Waals surface area contributed by atoms with E-state index in [-0.39, 0.29) is 5.97 Å². The van der Waals surface area contributed by atoms with E-state index in [1.165, 1.54) is 0 Å². The summed E-state index contributed by atoms with van der Waals surface area (Å²) in [6.45, 7) is 2.16. The fraction of sp³-hybridized carbons (Fsp3) is 0.190. The van der Waals surface area contributed by atoms with Gasteiger partial charge in [-0.15, -0.1) is 11.3 Å². The summed E-state index contributed by atoms with van der Waals surface area (Å²) in [4.78, 5) is 14.5. The number of esters is 1. The maximum absolute atomic E-state index is 12.5. The van der Waals surface area contributed by atoms with Crippen molar-refractivity contribution in [2.45, 2.75) is 13.0 Å². The number of rotatable bonds is 7. The molecule has 0 fully saturated rings. The third-order valence-corrected chi connectivity index (χ3v) is 5.09. The van der Waals surface area contributed by atoms with Crippen molar-refractivity contribution in [3.05, 3.63) is 71.6 Å². The molecule has 1 atom stereocenters. The largest absolute Gasteiger partial charge is 0.497 e. The summed E-state index contributed by atoms with van der Waals surface area (Å²) in [5.74, 6) is 0.482. The number of anilines is 1. The first kappa shape index (κ1) is 18.0. The third-order valence-electron chi connectivity index (χ3n) is 3.89. The van der Waals surface area contributed by atoms with Gasteiger partial charge in [-0.2, -0.15) is 0 Å². The lowest BCUT2D eigenvalue weighted by Crippen LogP contribution is -2.22. The van der Waals surface area contributed by atoms with Gasteiger partial charge in [-0.1, -0.05) is 30.3 Å². The van der Waals surface area contributed by atoms with E-state index >= 15 is 0 Å². The monoisotopic (exact) mass is 367 g/mol. The molecule has 2 aromatic carbocycles. The van der Waals surface area contributed by atoms with E-state index in [2.05, 4.69) is 17.4 Å². The first-order valence-corrected chi connectivity index (χ1v) is 9.25. The molecule has 1 unspecified atom stereocenters. The highest BCUT2D eigenvalue weighted by Gasteiger charge is 2.24. The van der Waals surface area contributed by atoms with Crippen LogP contribution >= 0.6 is 11.3 Å². The van der Waals surface area contributed by atoms with E-state index < -0.39 is 6.04 Å². The topological polar surface area (TPSA) is 47.6 Å². The van der Waals surface area contributed by atoms with Gasteiger partial charge in [0.05, 0.1) is 13.7 Å². The highest BCUT2D eigenvalue weighted by molar-refractivity contribution is 7.15. The molecular weight excluding hydrogens is 346 g/mol. The molecule has 0 bridgehead atoms. The van der Waals surface area contributed by atoms with Crippen LogP contribution in [-0.2, 0) is 9.53 Å². The number of carbonyl (C=O) groups is 1. The fourth-order valence-electron chi connectivity index (χ4n) is 2.59. The van der Waals surface area contributed by atoms with Crippen LogP contribution in [0.25, 0.3) is 10.4 Å². The van der Waals surface area contributed by atoms with Crippen LogP contribution in [-0.4, -0.2) is 19.7 Å². The second kappa shape index (κ2) is 8.54. The Morgan fingerprint density at radius 3 is 2.42 bits per heavy atom. The molecule has 0 saturated carbocycles. The van der Waals surface area contributed by atoms with Gasteiger partial charge in [0.25, 0.3) is 0 Å². The number of hydrogen-bond donors (Lipinski definition) is 1. The Morgan fingerprint density at radius 2 is 1.77 bits per heavy atom. The van der Waals surface area contributed by atoms with Gasteiger partial charge in [0.1, 0.15) is 5.75 Å². The number of nitrogens with one attached hydrogen (secondary N) is 1. The first-order valence-electron chi connectivity index (χ1n) is 8.43. The Morgan fingerprint density at radius 1 is 1.04 bits per heavy atom. The van der Waals surface area contributed by atoms with Crippen molar-refractivity contribution in [3.63, 3.8) is 0 Å². The van der Waals surface area contributed by atoms with Crippen LogP contribution < -0.4 is 10.1 Å². The summed E-state index contributed by atoms with van der Waals surface area (Å²) in [6.07, 6.45) is 0. The minimum Gasteiger partial charge on any atom is -0.497 e. The molecule has 134 valence electrons. The van der Waals surface area contributed by atoms with E-state index in [0.717, 1.165) is 26.8 Å². The standard InChI is InChI=1S/C21H21NO3S/c1-3-25-21(23)20(22-16-9-11-17(24-2)12-10-16)19-14-13-18(26-19)15-7-5-4-6-8-15/h4-14,20,22H,3H2,1-2H3. The summed E-state index contributed by atoms with van der Waals surface area (Å²) in [6, 6.07) is 21.1. The lowest BCUT2D eigenvalue weighted by molar-refractivity contribution is -0.144. The highest BCUT2D eigenvalue weighted by atomic mass is 32.1. The van der Waals surface area contributed by atoms with Crippen LogP contribution in [0.1, 0.15) is 17.8 Å². The molecule has 1 heterocycles. The molecular formula is C21H21NO3S. The van der Waals surface area contributed by atoms with Crippen molar-refractivity contribution < 1.29 is 14.3 Å². The van der Waals surface area contributed by atoms with Gasteiger partial charge in [0.2, 0.25) is 0 Å².